The predicted molar refractivity (Wildman–Crippen MR) is 120 cm³/mol. The second-order valence-corrected chi connectivity index (χ2v) is 7.94. The van der Waals surface area contributed by atoms with E-state index in [2.05, 4.69) is 37.4 Å². The number of aryl methyl sites for hydroxylation is 1. The van der Waals surface area contributed by atoms with Crippen molar-refractivity contribution in [1.82, 2.24) is 5.43 Å². The third kappa shape index (κ3) is 7.77. The summed E-state index contributed by atoms with van der Waals surface area (Å²) in [4.78, 5) is 23.5. The van der Waals surface area contributed by atoms with Crippen LogP contribution in [-0.2, 0) is 19.7 Å². The molecule has 0 spiro atoms. The maximum absolute atomic E-state index is 12.1. The first-order chi connectivity index (χ1) is 14.7. The van der Waals surface area contributed by atoms with Crippen LogP contribution in [-0.4, -0.2) is 37.9 Å². The SMILES string of the molecule is CCOC(=O)COc1ccccc1C=NNC(=O)COc1ccc(C(C)(C)C)cc1C. The molecule has 2 aromatic carbocycles. The van der Waals surface area contributed by atoms with Gasteiger partial charge in [-0.2, -0.15) is 5.10 Å². The molecule has 0 saturated heterocycles. The maximum Gasteiger partial charge on any atom is 0.344 e. The van der Waals surface area contributed by atoms with Gasteiger partial charge in [0.15, 0.2) is 13.2 Å². The Hall–Kier alpha value is -3.35. The van der Waals surface area contributed by atoms with Crippen molar-refractivity contribution in [1.29, 1.82) is 0 Å². The Morgan fingerprint density at radius 2 is 1.74 bits per heavy atom. The third-order valence-corrected chi connectivity index (χ3v) is 4.36. The Balaban J connectivity index is 1.88. The number of esters is 1. The first-order valence-corrected chi connectivity index (χ1v) is 10.1. The van der Waals surface area contributed by atoms with E-state index in [-0.39, 0.29) is 24.5 Å². The van der Waals surface area contributed by atoms with Gasteiger partial charge in [-0.05, 0) is 48.6 Å². The molecule has 0 aliphatic rings. The van der Waals surface area contributed by atoms with Gasteiger partial charge >= 0.3 is 5.97 Å². The normalized spacial score (nSPS) is 11.3. The Morgan fingerprint density at radius 3 is 2.42 bits per heavy atom. The second kappa shape index (κ2) is 11.2. The Kier molecular flexibility index (Phi) is 8.61. The topological polar surface area (TPSA) is 86.2 Å². The first-order valence-electron chi connectivity index (χ1n) is 10.1. The van der Waals surface area contributed by atoms with E-state index in [1.165, 1.54) is 11.8 Å². The lowest BCUT2D eigenvalue weighted by atomic mass is 9.86. The molecule has 0 aliphatic carbocycles. The highest BCUT2D eigenvalue weighted by atomic mass is 16.6. The Morgan fingerprint density at radius 1 is 1.03 bits per heavy atom. The molecule has 7 nitrogen and oxygen atoms in total. The smallest absolute Gasteiger partial charge is 0.344 e. The van der Waals surface area contributed by atoms with E-state index in [4.69, 9.17) is 14.2 Å². The van der Waals surface area contributed by atoms with E-state index >= 15 is 0 Å². The highest BCUT2D eigenvalue weighted by Crippen LogP contribution is 2.27. The summed E-state index contributed by atoms with van der Waals surface area (Å²) in [6, 6.07) is 13.0. The molecule has 7 heteroatoms. The molecule has 0 bridgehead atoms. The minimum atomic E-state index is -0.453. The molecule has 0 aromatic heterocycles. The van der Waals surface area contributed by atoms with Gasteiger partial charge in [0.1, 0.15) is 11.5 Å². The number of rotatable bonds is 9. The molecular formula is C24H30N2O5. The minimum Gasteiger partial charge on any atom is -0.483 e. The zero-order chi connectivity index (χ0) is 22.9. The fourth-order valence-corrected chi connectivity index (χ4v) is 2.69. The molecule has 0 aliphatic heterocycles. The maximum atomic E-state index is 12.1. The minimum absolute atomic E-state index is 0.0473. The van der Waals surface area contributed by atoms with Crippen LogP contribution in [0.4, 0.5) is 0 Å². The highest BCUT2D eigenvalue weighted by molar-refractivity contribution is 5.85. The molecule has 2 rings (SSSR count). The van der Waals surface area contributed by atoms with Crippen LogP contribution >= 0.6 is 0 Å². The van der Waals surface area contributed by atoms with Crippen LogP contribution in [0.3, 0.4) is 0 Å². The lowest BCUT2D eigenvalue weighted by Crippen LogP contribution is -2.25. The molecule has 0 unspecified atom stereocenters. The van der Waals surface area contributed by atoms with Crippen LogP contribution in [0.1, 0.15) is 44.4 Å². The van der Waals surface area contributed by atoms with Crippen LogP contribution < -0.4 is 14.9 Å². The van der Waals surface area contributed by atoms with Gasteiger partial charge in [0.05, 0.1) is 12.8 Å². The zero-order valence-corrected chi connectivity index (χ0v) is 18.7. The molecule has 0 saturated carbocycles. The van der Waals surface area contributed by atoms with Crippen LogP contribution in [0.15, 0.2) is 47.6 Å². The largest absolute Gasteiger partial charge is 0.483 e. The van der Waals surface area contributed by atoms with Crippen molar-refractivity contribution in [3.63, 3.8) is 0 Å². The number of hydrazone groups is 1. The van der Waals surface area contributed by atoms with Crippen molar-refractivity contribution in [2.75, 3.05) is 19.8 Å². The van der Waals surface area contributed by atoms with Crippen LogP contribution in [0.5, 0.6) is 11.5 Å². The third-order valence-electron chi connectivity index (χ3n) is 4.36. The van der Waals surface area contributed by atoms with Crippen molar-refractivity contribution in [3.8, 4) is 11.5 Å². The molecule has 166 valence electrons. The molecule has 0 heterocycles. The quantitative estimate of drug-likeness (QED) is 0.375. The first kappa shape index (κ1) is 23.9. The number of ether oxygens (including phenoxy) is 3. The van der Waals surface area contributed by atoms with Gasteiger partial charge in [0.2, 0.25) is 0 Å². The van der Waals surface area contributed by atoms with Gasteiger partial charge in [-0.25, -0.2) is 10.2 Å². The van der Waals surface area contributed by atoms with Crippen molar-refractivity contribution in [2.45, 2.75) is 40.0 Å². The summed E-state index contributed by atoms with van der Waals surface area (Å²) < 4.78 is 15.9. The average Bonchev–Trinajstić information content (AvgIpc) is 2.71. The molecule has 0 fully saturated rings. The molecule has 2 aromatic rings. The number of carbonyl (C=O) groups excluding carboxylic acids is 2. The van der Waals surface area contributed by atoms with Gasteiger partial charge in [0.25, 0.3) is 5.91 Å². The van der Waals surface area contributed by atoms with Crippen molar-refractivity contribution in [3.05, 3.63) is 59.2 Å². The molecule has 0 atom stereocenters. The van der Waals surface area contributed by atoms with Gasteiger partial charge in [-0.15, -0.1) is 0 Å². The average molecular weight is 427 g/mol. The fourth-order valence-electron chi connectivity index (χ4n) is 2.69. The molecular weight excluding hydrogens is 396 g/mol. The zero-order valence-electron chi connectivity index (χ0n) is 18.7. The van der Waals surface area contributed by atoms with E-state index in [0.29, 0.717) is 23.7 Å². The number of hydrogen-bond donors (Lipinski definition) is 1. The van der Waals surface area contributed by atoms with Crippen LogP contribution in [0.25, 0.3) is 0 Å². The number of nitrogens with one attached hydrogen (secondary N) is 1. The lowest BCUT2D eigenvalue weighted by molar-refractivity contribution is -0.145. The van der Waals surface area contributed by atoms with E-state index in [9.17, 15) is 9.59 Å². The highest BCUT2D eigenvalue weighted by Gasteiger charge is 2.15. The Labute approximate surface area is 183 Å². The van der Waals surface area contributed by atoms with Gasteiger partial charge in [0, 0.05) is 5.56 Å². The van der Waals surface area contributed by atoms with E-state index in [1.807, 2.05) is 19.1 Å². The molecule has 1 amide bonds. The summed E-state index contributed by atoms with van der Waals surface area (Å²) in [6.45, 7) is 10.1. The summed E-state index contributed by atoms with van der Waals surface area (Å²) in [7, 11) is 0. The fraction of sp³-hybridized carbons (Fsp3) is 0.375. The number of para-hydroxylation sites is 1. The molecule has 0 radical (unpaired) electrons. The van der Waals surface area contributed by atoms with Crippen molar-refractivity contribution < 1.29 is 23.8 Å². The Bertz CT molecular complexity index is 932. The van der Waals surface area contributed by atoms with E-state index in [0.717, 1.165) is 5.56 Å². The predicted octanol–water partition coefficient (Wildman–Crippen LogP) is 3.76. The van der Waals surface area contributed by atoms with Crippen molar-refractivity contribution >= 4 is 18.1 Å². The number of amides is 1. The summed E-state index contributed by atoms with van der Waals surface area (Å²) in [6.07, 6.45) is 1.45. The summed E-state index contributed by atoms with van der Waals surface area (Å²) in [5.74, 6) is 0.273. The standard InChI is InChI=1S/C24H30N2O5/c1-6-29-23(28)16-31-21-10-8-7-9-18(21)14-25-26-22(27)15-30-20-12-11-19(13-17(20)2)24(3,4)5/h7-14H,6,15-16H2,1-5H3,(H,26,27). The van der Waals surface area contributed by atoms with Gasteiger partial charge in [-0.1, -0.05) is 45.0 Å². The number of carbonyl (C=O) groups is 2. The summed E-state index contributed by atoms with van der Waals surface area (Å²) >= 11 is 0. The number of hydrogen-bond acceptors (Lipinski definition) is 6. The van der Waals surface area contributed by atoms with Crippen LogP contribution in [0.2, 0.25) is 0 Å². The van der Waals surface area contributed by atoms with Gasteiger partial charge in [-0.3, -0.25) is 4.79 Å². The second-order valence-electron chi connectivity index (χ2n) is 7.94. The van der Waals surface area contributed by atoms with Crippen LogP contribution in [0, 0.1) is 6.92 Å². The van der Waals surface area contributed by atoms with E-state index in [1.54, 1.807) is 31.2 Å². The number of nitrogens with zero attached hydrogens (tertiary/aromatic N) is 1. The number of benzene rings is 2. The lowest BCUT2D eigenvalue weighted by Gasteiger charge is -2.20. The summed E-state index contributed by atoms with van der Waals surface area (Å²) in [5, 5.41) is 3.95. The molecule has 31 heavy (non-hydrogen) atoms. The van der Waals surface area contributed by atoms with E-state index < -0.39 is 5.97 Å². The van der Waals surface area contributed by atoms with Gasteiger partial charge < -0.3 is 14.2 Å². The monoisotopic (exact) mass is 426 g/mol. The van der Waals surface area contributed by atoms with Crippen molar-refractivity contribution in [2.24, 2.45) is 5.10 Å². The molecule has 1 N–H and O–H groups in total. The summed E-state index contributed by atoms with van der Waals surface area (Å²) in [5.41, 5.74) is 5.26.